The molecule has 0 heterocycles. The number of ether oxygens (including phenoxy) is 1. The summed E-state index contributed by atoms with van der Waals surface area (Å²) in [7, 11) is 1.37. The van der Waals surface area contributed by atoms with Crippen molar-refractivity contribution in [3.05, 3.63) is 65.2 Å². The van der Waals surface area contributed by atoms with Crippen LogP contribution in [0.2, 0.25) is 0 Å². The number of amides is 1. The van der Waals surface area contributed by atoms with Gasteiger partial charge < -0.3 is 10.1 Å². The fourth-order valence-electron chi connectivity index (χ4n) is 6.88. The second-order valence-corrected chi connectivity index (χ2v) is 9.91. The molecule has 0 aromatic heterocycles. The van der Waals surface area contributed by atoms with E-state index in [9.17, 15) is 9.59 Å². The maximum atomic E-state index is 13.6. The van der Waals surface area contributed by atoms with Crippen molar-refractivity contribution in [2.45, 2.75) is 50.9 Å². The molecular weight excluding hydrogens is 374 g/mol. The lowest BCUT2D eigenvalue weighted by atomic mass is 9.42. The molecular formula is C26H29NO3. The summed E-state index contributed by atoms with van der Waals surface area (Å²) in [6.45, 7) is 2.13. The third-order valence-electron chi connectivity index (χ3n) is 7.75. The van der Waals surface area contributed by atoms with Crippen LogP contribution in [0.5, 0.6) is 0 Å². The molecule has 2 aromatic carbocycles. The van der Waals surface area contributed by atoms with Gasteiger partial charge in [-0.3, -0.25) is 4.79 Å². The van der Waals surface area contributed by atoms with E-state index in [1.54, 1.807) is 18.2 Å². The van der Waals surface area contributed by atoms with Gasteiger partial charge in [-0.2, -0.15) is 0 Å². The molecule has 4 aliphatic carbocycles. The lowest BCUT2D eigenvalue weighted by molar-refractivity contribution is -0.143. The first kappa shape index (κ1) is 19.3. The van der Waals surface area contributed by atoms with Crippen molar-refractivity contribution >= 4 is 17.6 Å². The van der Waals surface area contributed by atoms with Crippen molar-refractivity contribution < 1.29 is 14.3 Å². The van der Waals surface area contributed by atoms with Crippen molar-refractivity contribution in [3.63, 3.8) is 0 Å². The lowest BCUT2D eigenvalue weighted by Gasteiger charge is -2.61. The Kier molecular flexibility index (Phi) is 4.49. The number of anilines is 1. The fraction of sp³-hybridized carbons (Fsp3) is 0.462. The van der Waals surface area contributed by atoms with Gasteiger partial charge in [0.25, 0.3) is 0 Å². The van der Waals surface area contributed by atoms with Crippen molar-refractivity contribution in [1.82, 2.24) is 0 Å². The fourth-order valence-corrected chi connectivity index (χ4v) is 6.88. The first-order valence-electron chi connectivity index (χ1n) is 11.0. The highest BCUT2D eigenvalue weighted by atomic mass is 16.5. The third kappa shape index (κ3) is 3.13. The zero-order valence-electron chi connectivity index (χ0n) is 17.7. The van der Waals surface area contributed by atoms with Crippen LogP contribution in [-0.2, 0) is 14.9 Å². The number of benzene rings is 2. The van der Waals surface area contributed by atoms with Gasteiger partial charge in [0, 0.05) is 5.69 Å². The van der Waals surface area contributed by atoms with Crippen molar-refractivity contribution in [1.29, 1.82) is 0 Å². The van der Waals surface area contributed by atoms with Gasteiger partial charge in [0.15, 0.2) is 0 Å². The SMILES string of the molecule is COC(=O)c1cccc(NC(=O)C23C[C@@H]4C[C@@H](C2)CC(c2ccc(C)cc2)(C4)C3)c1. The molecule has 4 fully saturated rings. The second-order valence-electron chi connectivity index (χ2n) is 9.91. The highest BCUT2D eigenvalue weighted by Crippen LogP contribution is 2.66. The zero-order valence-corrected chi connectivity index (χ0v) is 17.7. The number of hydrogen-bond donors (Lipinski definition) is 1. The highest BCUT2D eigenvalue weighted by Gasteiger charge is 2.60. The van der Waals surface area contributed by atoms with E-state index in [0.29, 0.717) is 23.1 Å². The number of aryl methyl sites for hydroxylation is 1. The molecule has 0 radical (unpaired) electrons. The summed E-state index contributed by atoms with van der Waals surface area (Å²) >= 11 is 0. The summed E-state index contributed by atoms with van der Waals surface area (Å²) in [6.07, 6.45) is 6.58. The minimum atomic E-state index is -0.390. The van der Waals surface area contributed by atoms with Crippen molar-refractivity contribution in [3.8, 4) is 0 Å². The van der Waals surface area contributed by atoms with Crippen molar-refractivity contribution in [2.75, 3.05) is 12.4 Å². The summed E-state index contributed by atoms with van der Waals surface area (Å²) in [4.78, 5) is 25.5. The standard InChI is InChI=1S/C26H29NO3/c1-17-6-8-21(9-7-17)25-12-18-10-19(13-25)15-26(14-18,16-25)24(29)27-22-5-3-4-20(11-22)23(28)30-2/h3-9,11,18-19H,10,12-16H2,1-2H3,(H,27,29)/t18-,19-,25?,26?/m1/s1. The Labute approximate surface area is 178 Å². The first-order chi connectivity index (χ1) is 14.4. The number of carbonyl (C=O) groups excluding carboxylic acids is 2. The smallest absolute Gasteiger partial charge is 0.337 e. The number of hydrogen-bond acceptors (Lipinski definition) is 3. The molecule has 0 saturated heterocycles. The summed E-state index contributed by atoms with van der Waals surface area (Å²) in [5.74, 6) is 0.980. The van der Waals surface area contributed by atoms with Crippen LogP contribution in [0.25, 0.3) is 0 Å². The van der Waals surface area contributed by atoms with Gasteiger partial charge in [-0.15, -0.1) is 0 Å². The van der Waals surface area contributed by atoms with Gasteiger partial charge in [0.1, 0.15) is 0 Å². The summed E-state index contributed by atoms with van der Waals surface area (Å²) < 4.78 is 4.82. The number of methoxy groups -OCH3 is 1. The Morgan fingerprint density at radius 2 is 1.70 bits per heavy atom. The topological polar surface area (TPSA) is 55.4 Å². The highest BCUT2D eigenvalue weighted by molar-refractivity contribution is 5.97. The van der Waals surface area contributed by atoms with Crippen LogP contribution in [0.4, 0.5) is 5.69 Å². The van der Waals surface area contributed by atoms with E-state index in [2.05, 4.69) is 36.5 Å². The van der Waals surface area contributed by atoms with E-state index >= 15 is 0 Å². The Morgan fingerprint density at radius 1 is 1.00 bits per heavy atom. The maximum Gasteiger partial charge on any atom is 0.337 e. The second kappa shape index (κ2) is 6.97. The number of esters is 1. The van der Waals surface area contributed by atoms with Gasteiger partial charge in [-0.1, -0.05) is 35.9 Å². The van der Waals surface area contributed by atoms with Gasteiger partial charge in [0.2, 0.25) is 5.91 Å². The first-order valence-corrected chi connectivity index (χ1v) is 11.0. The van der Waals surface area contributed by atoms with E-state index in [0.717, 1.165) is 19.3 Å². The quantitative estimate of drug-likeness (QED) is 0.709. The third-order valence-corrected chi connectivity index (χ3v) is 7.75. The molecule has 4 aliphatic rings. The van der Waals surface area contributed by atoms with E-state index in [-0.39, 0.29) is 22.7 Å². The van der Waals surface area contributed by atoms with Crippen LogP contribution in [0.1, 0.15) is 60.0 Å². The molecule has 4 saturated carbocycles. The van der Waals surface area contributed by atoms with Crippen LogP contribution in [0.3, 0.4) is 0 Å². The number of carbonyl (C=O) groups is 2. The van der Waals surface area contributed by atoms with Gasteiger partial charge in [0.05, 0.1) is 18.1 Å². The predicted molar refractivity (Wildman–Crippen MR) is 116 cm³/mol. The van der Waals surface area contributed by atoms with Crippen LogP contribution in [0, 0.1) is 24.2 Å². The van der Waals surface area contributed by atoms with E-state index in [4.69, 9.17) is 4.74 Å². The molecule has 2 atom stereocenters. The van der Waals surface area contributed by atoms with E-state index in [1.165, 1.54) is 37.5 Å². The Bertz CT molecular complexity index is 980. The van der Waals surface area contributed by atoms with Crippen LogP contribution in [0.15, 0.2) is 48.5 Å². The van der Waals surface area contributed by atoms with Gasteiger partial charge in [-0.05, 0) is 86.5 Å². The lowest BCUT2D eigenvalue weighted by Crippen LogP contribution is -2.57. The number of rotatable bonds is 4. The summed E-state index contributed by atoms with van der Waals surface area (Å²) in [5, 5.41) is 3.15. The van der Waals surface area contributed by atoms with Gasteiger partial charge >= 0.3 is 5.97 Å². The van der Waals surface area contributed by atoms with Crippen LogP contribution < -0.4 is 5.32 Å². The van der Waals surface area contributed by atoms with Crippen LogP contribution >= 0.6 is 0 Å². The number of nitrogens with one attached hydrogen (secondary N) is 1. The molecule has 4 bridgehead atoms. The summed E-state index contributed by atoms with van der Waals surface area (Å²) in [6, 6.07) is 16.0. The molecule has 0 unspecified atom stereocenters. The molecule has 1 amide bonds. The van der Waals surface area contributed by atoms with E-state index < -0.39 is 0 Å². The van der Waals surface area contributed by atoms with Gasteiger partial charge in [-0.25, -0.2) is 4.79 Å². The molecule has 156 valence electrons. The summed E-state index contributed by atoms with van der Waals surface area (Å²) in [5.41, 5.74) is 3.63. The average Bonchev–Trinajstić information content (AvgIpc) is 2.73. The Balaban J connectivity index is 1.43. The monoisotopic (exact) mass is 403 g/mol. The average molecular weight is 404 g/mol. The zero-order chi connectivity index (χ0) is 20.9. The Morgan fingerprint density at radius 3 is 2.37 bits per heavy atom. The van der Waals surface area contributed by atoms with Crippen molar-refractivity contribution in [2.24, 2.45) is 17.3 Å². The molecule has 1 N–H and O–H groups in total. The molecule has 4 nitrogen and oxygen atoms in total. The minimum absolute atomic E-state index is 0.120. The molecule has 0 spiro atoms. The van der Waals surface area contributed by atoms with E-state index in [1.807, 2.05) is 6.07 Å². The molecule has 0 aliphatic heterocycles. The molecule has 30 heavy (non-hydrogen) atoms. The van der Waals surface area contributed by atoms with Crippen LogP contribution in [-0.4, -0.2) is 19.0 Å². The maximum absolute atomic E-state index is 13.6. The largest absolute Gasteiger partial charge is 0.465 e. The Hall–Kier alpha value is -2.62. The minimum Gasteiger partial charge on any atom is -0.465 e. The molecule has 4 heteroatoms. The normalized spacial score (nSPS) is 31.4. The molecule has 2 aromatic rings. The molecule has 6 rings (SSSR count). The predicted octanol–water partition coefficient (Wildman–Crippen LogP) is 5.26.